The van der Waals surface area contributed by atoms with Gasteiger partial charge in [0, 0.05) is 19.6 Å². The summed E-state index contributed by atoms with van der Waals surface area (Å²) in [6, 6.07) is 3.58. The van der Waals surface area contributed by atoms with Gasteiger partial charge in [-0.25, -0.2) is 0 Å². The lowest BCUT2D eigenvalue weighted by atomic mass is 10.2. The molecule has 20 heavy (non-hydrogen) atoms. The van der Waals surface area contributed by atoms with Gasteiger partial charge in [-0.05, 0) is 18.6 Å². The van der Waals surface area contributed by atoms with Crippen molar-refractivity contribution >= 4 is 11.7 Å². The van der Waals surface area contributed by atoms with Crippen LogP contribution in [0.1, 0.15) is 36.7 Å². The van der Waals surface area contributed by atoms with Gasteiger partial charge in [0.15, 0.2) is 11.5 Å². The molecular weight excluding hydrogens is 256 g/mol. The number of nitrogens with zero attached hydrogens (tertiary/aromatic N) is 3. The molecule has 1 saturated heterocycles. The lowest BCUT2D eigenvalue weighted by molar-refractivity contribution is 0.0946. The molecule has 0 aliphatic carbocycles. The monoisotopic (exact) mass is 278 g/mol. The Kier molecular flexibility index (Phi) is 5.73. The van der Waals surface area contributed by atoms with Crippen LogP contribution < -0.4 is 10.2 Å². The number of aromatic nitrogens is 2. The predicted molar refractivity (Wildman–Crippen MR) is 76.9 cm³/mol. The van der Waals surface area contributed by atoms with E-state index in [9.17, 15) is 4.79 Å². The van der Waals surface area contributed by atoms with Gasteiger partial charge in [0.1, 0.15) is 0 Å². The maximum absolute atomic E-state index is 11.8. The Morgan fingerprint density at radius 1 is 1.30 bits per heavy atom. The topological polar surface area (TPSA) is 67.4 Å². The molecule has 1 amide bonds. The first kappa shape index (κ1) is 14.7. The minimum atomic E-state index is -0.151. The van der Waals surface area contributed by atoms with E-state index in [4.69, 9.17) is 4.74 Å². The fourth-order valence-corrected chi connectivity index (χ4v) is 2.07. The third-order valence-corrected chi connectivity index (χ3v) is 3.28. The highest BCUT2D eigenvalue weighted by Gasteiger charge is 2.14. The zero-order chi connectivity index (χ0) is 14.2. The third-order valence-electron chi connectivity index (χ3n) is 3.28. The van der Waals surface area contributed by atoms with Crippen molar-refractivity contribution in [2.24, 2.45) is 0 Å². The summed E-state index contributed by atoms with van der Waals surface area (Å²) < 4.78 is 5.29. The molecule has 0 radical (unpaired) electrons. The van der Waals surface area contributed by atoms with E-state index in [1.165, 1.54) is 0 Å². The van der Waals surface area contributed by atoms with Crippen molar-refractivity contribution in [3.05, 3.63) is 17.8 Å². The van der Waals surface area contributed by atoms with E-state index in [1.807, 2.05) is 6.07 Å². The number of rotatable bonds is 6. The van der Waals surface area contributed by atoms with E-state index in [0.29, 0.717) is 25.5 Å². The summed E-state index contributed by atoms with van der Waals surface area (Å²) in [7, 11) is 0. The summed E-state index contributed by atoms with van der Waals surface area (Å²) in [6.45, 7) is 5.88. The van der Waals surface area contributed by atoms with E-state index >= 15 is 0 Å². The van der Waals surface area contributed by atoms with Crippen LogP contribution >= 0.6 is 0 Å². The van der Waals surface area contributed by atoms with Crippen molar-refractivity contribution in [2.45, 2.75) is 26.2 Å². The lowest BCUT2D eigenvalue weighted by Crippen LogP contribution is -2.37. The van der Waals surface area contributed by atoms with Crippen LogP contribution in [0.4, 0.5) is 5.82 Å². The first-order valence-electron chi connectivity index (χ1n) is 7.26. The minimum Gasteiger partial charge on any atom is -0.378 e. The standard InChI is InChI=1S/C14H22N4O2/c1-2-3-4-7-15-14(19)12-5-6-13(17-16-12)18-8-10-20-11-9-18/h5-6H,2-4,7-11H2,1H3,(H,15,19). The number of amides is 1. The highest BCUT2D eigenvalue weighted by Crippen LogP contribution is 2.11. The first-order chi connectivity index (χ1) is 9.81. The Labute approximate surface area is 119 Å². The van der Waals surface area contributed by atoms with E-state index in [0.717, 1.165) is 38.2 Å². The number of nitrogens with one attached hydrogen (secondary N) is 1. The van der Waals surface area contributed by atoms with Crippen LogP contribution in [0.25, 0.3) is 0 Å². The molecule has 0 spiro atoms. The van der Waals surface area contributed by atoms with Gasteiger partial charge in [0.2, 0.25) is 0 Å². The highest BCUT2D eigenvalue weighted by molar-refractivity contribution is 5.92. The van der Waals surface area contributed by atoms with E-state index in [1.54, 1.807) is 6.07 Å². The normalized spacial score (nSPS) is 15.2. The molecule has 1 aromatic heterocycles. The third kappa shape index (κ3) is 4.16. The molecule has 1 aliphatic heterocycles. The Morgan fingerprint density at radius 3 is 2.75 bits per heavy atom. The zero-order valence-corrected chi connectivity index (χ0v) is 12.0. The van der Waals surface area contributed by atoms with Gasteiger partial charge in [-0.15, -0.1) is 10.2 Å². The van der Waals surface area contributed by atoms with Crippen LogP contribution in [0.5, 0.6) is 0 Å². The van der Waals surface area contributed by atoms with Crippen molar-refractivity contribution in [3.63, 3.8) is 0 Å². The van der Waals surface area contributed by atoms with E-state index in [-0.39, 0.29) is 5.91 Å². The highest BCUT2D eigenvalue weighted by atomic mass is 16.5. The molecule has 1 fully saturated rings. The summed E-state index contributed by atoms with van der Waals surface area (Å²) >= 11 is 0. The minimum absolute atomic E-state index is 0.151. The summed E-state index contributed by atoms with van der Waals surface area (Å²) in [5.41, 5.74) is 0.374. The second-order valence-corrected chi connectivity index (χ2v) is 4.84. The lowest BCUT2D eigenvalue weighted by Gasteiger charge is -2.27. The second-order valence-electron chi connectivity index (χ2n) is 4.84. The van der Waals surface area contributed by atoms with Gasteiger partial charge in [0.05, 0.1) is 13.2 Å². The van der Waals surface area contributed by atoms with Crippen LogP contribution in [-0.4, -0.2) is 49.0 Å². The summed E-state index contributed by atoms with van der Waals surface area (Å²) in [6.07, 6.45) is 3.27. The van der Waals surface area contributed by atoms with Crippen LogP contribution in [-0.2, 0) is 4.74 Å². The van der Waals surface area contributed by atoms with Crippen LogP contribution in [0.2, 0.25) is 0 Å². The van der Waals surface area contributed by atoms with Crippen molar-refractivity contribution in [1.82, 2.24) is 15.5 Å². The smallest absolute Gasteiger partial charge is 0.271 e. The maximum atomic E-state index is 11.8. The SMILES string of the molecule is CCCCCNC(=O)c1ccc(N2CCOCC2)nn1. The largest absolute Gasteiger partial charge is 0.378 e. The molecule has 1 aliphatic rings. The average Bonchev–Trinajstić information content (AvgIpc) is 2.52. The molecule has 0 atom stereocenters. The number of hydrogen-bond donors (Lipinski definition) is 1. The molecule has 2 heterocycles. The van der Waals surface area contributed by atoms with Gasteiger partial charge in [-0.3, -0.25) is 4.79 Å². The second kappa shape index (κ2) is 7.79. The molecule has 0 bridgehead atoms. The molecule has 0 saturated carbocycles. The summed E-state index contributed by atoms with van der Waals surface area (Å²) in [5, 5.41) is 11.0. The summed E-state index contributed by atoms with van der Waals surface area (Å²) in [5.74, 6) is 0.651. The van der Waals surface area contributed by atoms with Gasteiger partial charge in [-0.1, -0.05) is 19.8 Å². The average molecular weight is 278 g/mol. The van der Waals surface area contributed by atoms with Crippen LogP contribution in [0, 0.1) is 0 Å². The molecule has 110 valence electrons. The Balaban J connectivity index is 1.85. The fraction of sp³-hybridized carbons (Fsp3) is 0.643. The number of morpholine rings is 1. The molecule has 6 nitrogen and oxygen atoms in total. The Bertz CT molecular complexity index is 416. The van der Waals surface area contributed by atoms with Crippen LogP contribution in [0.3, 0.4) is 0 Å². The Hall–Kier alpha value is -1.69. The van der Waals surface area contributed by atoms with Gasteiger partial charge in [-0.2, -0.15) is 0 Å². The Morgan fingerprint density at radius 2 is 2.10 bits per heavy atom. The molecule has 1 aromatic rings. The van der Waals surface area contributed by atoms with Gasteiger partial charge < -0.3 is 15.0 Å². The van der Waals surface area contributed by atoms with Crippen molar-refractivity contribution in [1.29, 1.82) is 0 Å². The number of carbonyl (C=O) groups is 1. The van der Waals surface area contributed by atoms with E-state index < -0.39 is 0 Å². The number of unbranched alkanes of at least 4 members (excludes halogenated alkanes) is 2. The predicted octanol–water partition coefficient (Wildman–Crippen LogP) is 1.23. The zero-order valence-electron chi connectivity index (χ0n) is 12.0. The van der Waals surface area contributed by atoms with Crippen molar-refractivity contribution < 1.29 is 9.53 Å². The van der Waals surface area contributed by atoms with Gasteiger partial charge >= 0.3 is 0 Å². The summed E-state index contributed by atoms with van der Waals surface area (Å²) in [4.78, 5) is 14.0. The molecule has 0 unspecified atom stereocenters. The first-order valence-corrected chi connectivity index (χ1v) is 7.26. The quantitative estimate of drug-likeness (QED) is 0.793. The molecule has 1 N–H and O–H groups in total. The number of ether oxygens (including phenoxy) is 1. The number of carbonyl (C=O) groups excluding carboxylic acids is 1. The molecule has 6 heteroatoms. The van der Waals surface area contributed by atoms with E-state index in [2.05, 4.69) is 27.3 Å². The fourth-order valence-electron chi connectivity index (χ4n) is 2.07. The molecular formula is C14H22N4O2. The van der Waals surface area contributed by atoms with Gasteiger partial charge in [0.25, 0.3) is 5.91 Å². The molecule has 0 aromatic carbocycles. The number of anilines is 1. The molecule has 2 rings (SSSR count). The van der Waals surface area contributed by atoms with Crippen molar-refractivity contribution in [3.8, 4) is 0 Å². The maximum Gasteiger partial charge on any atom is 0.271 e. The number of hydrogen-bond acceptors (Lipinski definition) is 5. The van der Waals surface area contributed by atoms with Crippen LogP contribution in [0.15, 0.2) is 12.1 Å². The van der Waals surface area contributed by atoms with Crippen molar-refractivity contribution in [2.75, 3.05) is 37.7 Å².